The molecule has 1 aliphatic rings. The molecule has 4 N–H and O–H groups in total. The smallest absolute Gasteiger partial charge is 0.223 e. The molecule has 10 heteroatoms. The van der Waals surface area contributed by atoms with Gasteiger partial charge in [-0.25, -0.2) is 4.98 Å². The van der Waals surface area contributed by atoms with E-state index in [1.807, 2.05) is 19.9 Å². The second kappa shape index (κ2) is 8.30. The average Bonchev–Trinajstić information content (AvgIpc) is 3.33. The predicted octanol–water partition coefficient (Wildman–Crippen LogP) is -0.420. The highest BCUT2D eigenvalue weighted by Crippen LogP contribution is 2.26. The molecule has 0 spiro atoms. The predicted molar refractivity (Wildman–Crippen MR) is 95.2 cm³/mol. The molecular formula is C17H25N7O3. The van der Waals surface area contributed by atoms with Gasteiger partial charge in [0.05, 0.1) is 24.4 Å². The van der Waals surface area contributed by atoms with Crippen molar-refractivity contribution < 1.29 is 14.7 Å². The summed E-state index contributed by atoms with van der Waals surface area (Å²) in [6.45, 7) is 4.59. The number of hydrogen-bond donors (Lipinski definition) is 4. The zero-order valence-electron chi connectivity index (χ0n) is 15.5. The van der Waals surface area contributed by atoms with Gasteiger partial charge < -0.3 is 15.7 Å². The van der Waals surface area contributed by atoms with Crippen molar-refractivity contribution >= 4 is 11.8 Å². The molecule has 0 aromatic carbocycles. The first kappa shape index (κ1) is 19.0. The molecule has 0 bridgehead atoms. The van der Waals surface area contributed by atoms with Gasteiger partial charge in [0, 0.05) is 24.6 Å². The van der Waals surface area contributed by atoms with Crippen LogP contribution in [0, 0.1) is 19.8 Å². The highest BCUT2D eigenvalue weighted by Gasteiger charge is 2.37. The molecule has 3 rings (SSSR count). The quantitative estimate of drug-likeness (QED) is 0.519. The summed E-state index contributed by atoms with van der Waals surface area (Å²) in [4.78, 5) is 28.4. The fourth-order valence-electron chi connectivity index (χ4n) is 3.40. The maximum atomic E-state index is 12.3. The first-order valence-corrected chi connectivity index (χ1v) is 9.03. The van der Waals surface area contributed by atoms with Crippen molar-refractivity contribution in [1.82, 2.24) is 35.6 Å². The van der Waals surface area contributed by atoms with Gasteiger partial charge in [-0.1, -0.05) is 0 Å². The molecule has 0 unspecified atom stereocenters. The molecule has 1 saturated carbocycles. The zero-order chi connectivity index (χ0) is 19.4. The fraction of sp³-hybridized carbons (Fsp3) is 0.588. The molecule has 146 valence electrons. The molecule has 10 nitrogen and oxygen atoms in total. The van der Waals surface area contributed by atoms with Crippen molar-refractivity contribution in [3.63, 3.8) is 0 Å². The van der Waals surface area contributed by atoms with Gasteiger partial charge >= 0.3 is 0 Å². The number of amides is 2. The second-order valence-corrected chi connectivity index (χ2v) is 6.96. The summed E-state index contributed by atoms with van der Waals surface area (Å²) < 4.78 is 1.79. The van der Waals surface area contributed by atoms with Gasteiger partial charge in [-0.05, 0) is 32.8 Å². The molecule has 0 saturated heterocycles. The van der Waals surface area contributed by atoms with Crippen molar-refractivity contribution in [2.45, 2.75) is 58.3 Å². The van der Waals surface area contributed by atoms with E-state index in [0.29, 0.717) is 25.2 Å². The van der Waals surface area contributed by atoms with Crippen molar-refractivity contribution in [2.24, 2.45) is 5.92 Å². The topological polar surface area (TPSA) is 138 Å². The fourth-order valence-corrected chi connectivity index (χ4v) is 3.40. The normalized spacial score (nSPS) is 22.0. The average molecular weight is 375 g/mol. The molecule has 2 heterocycles. The van der Waals surface area contributed by atoms with E-state index in [-0.39, 0.29) is 30.7 Å². The number of carbonyl (C=O) groups excluding carboxylic acids is 2. The van der Waals surface area contributed by atoms with E-state index < -0.39 is 12.1 Å². The van der Waals surface area contributed by atoms with Gasteiger partial charge in [0.1, 0.15) is 12.2 Å². The number of aliphatic hydroxyl groups is 1. The molecule has 3 atom stereocenters. The van der Waals surface area contributed by atoms with Crippen LogP contribution in [0.25, 0.3) is 0 Å². The molecular weight excluding hydrogens is 350 g/mol. The Morgan fingerprint density at radius 1 is 1.37 bits per heavy atom. The number of aromatic nitrogens is 5. The lowest BCUT2D eigenvalue weighted by Crippen LogP contribution is -2.40. The van der Waals surface area contributed by atoms with Crippen LogP contribution in [0.4, 0.5) is 0 Å². The third-order valence-electron chi connectivity index (χ3n) is 4.80. The number of aryl methyl sites for hydroxylation is 3. The van der Waals surface area contributed by atoms with Crippen LogP contribution in [-0.2, 0) is 22.7 Å². The Kier molecular flexibility index (Phi) is 5.84. The molecule has 2 aromatic heterocycles. The van der Waals surface area contributed by atoms with Gasteiger partial charge in [-0.15, -0.1) is 0 Å². The number of aliphatic hydroxyl groups excluding tert-OH is 1. The van der Waals surface area contributed by atoms with Crippen LogP contribution in [0.3, 0.4) is 0 Å². The Morgan fingerprint density at radius 3 is 2.85 bits per heavy atom. The van der Waals surface area contributed by atoms with E-state index in [2.05, 4.69) is 30.9 Å². The summed E-state index contributed by atoms with van der Waals surface area (Å²) in [7, 11) is 0. The van der Waals surface area contributed by atoms with Gasteiger partial charge in [0.25, 0.3) is 0 Å². The number of hydrogen-bond acceptors (Lipinski definition) is 6. The lowest BCUT2D eigenvalue weighted by Gasteiger charge is -2.16. The summed E-state index contributed by atoms with van der Waals surface area (Å²) in [6.07, 6.45) is 1.65. The van der Waals surface area contributed by atoms with Crippen LogP contribution in [0.2, 0.25) is 0 Å². The van der Waals surface area contributed by atoms with Crippen LogP contribution in [0.1, 0.15) is 36.5 Å². The van der Waals surface area contributed by atoms with E-state index in [4.69, 9.17) is 0 Å². The van der Waals surface area contributed by atoms with Crippen LogP contribution in [0.15, 0.2) is 12.4 Å². The summed E-state index contributed by atoms with van der Waals surface area (Å²) in [5, 5.41) is 26.5. The van der Waals surface area contributed by atoms with Crippen LogP contribution in [-0.4, -0.2) is 54.0 Å². The van der Waals surface area contributed by atoms with Crippen molar-refractivity contribution in [3.05, 3.63) is 29.6 Å². The minimum Gasteiger partial charge on any atom is -0.391 e. The Balaban J connectivity index is 1.44. The monoisotopic (exact) mass is 375 g/mol. The van der Waals surface area contributed by atoms with Crippen molar-refractivity contribution in [2.75, 3.05) is 0 Å². The largest absolute Gasteiger partial charge is 0.391 e. The Hall–Kier alpha value is -2.75. The second-order valence-electron chi connectivity index (χ2n) is 6.96. The molecule has 0 radical (unpaired) electrons. The Labute approximate surface area is 156 Å². The number of aromatic amines is 1. The zero-order valence-corrected chi connectivity index (χ0v) is 15.5. The molecule has 1 aliphatic carbocycles. The molecule has 0 aliphatic heterocycles. The van der Waals surface area contributed by atoms with E-state index in [1.54, 1.807) is 4.68 Å². The van der Waals surface area contributed by atoms with Crippen LogP contribution >= 0.6 is 0 Å². The molecule has 2 amide bonds. The Morgan fingerprint density at radius 2 is 2.19 bits per heavy atom. The third-order valence-corrected chi connectivity index (χ3v) is 4.80. The summed E-state index contributed by atoms with van der Waals surface area (Å²) in [5.41, 5.74) is 1.92. The van der Waals surface area contributed by atoms with Gasteiger partial charge in [-0.2, -0.15) is 10.2 Å². The van der Waals surface area contributed by atoms with Gasteiger partial charge in [-0.3, -0.25) is 19.4 Å². The standard InChI is InChI=1S/C17H25N7O3/c1-10-5-11(2)24(23-10)4-3-16(26)21-13-6-12(7-14(13)25)17(27)18-8-15-19-9-20-22-15/h5,9,12-14,25H,3-4,6-8H2,1-2H3,(H,18,27)(H,21,26)(H,19,20,22)/t12-,13+,14+/m0/s1. The minimum atomic E-state index is -0.733. The van der Waals surface area contributed by atoms with Crippen molar-refractivity contribution in [3.8, 4) is 0 Å². The Bertz CT molecular complexity index is 787. The first-order valence-electron chi connectivity index (χ1n) is 9.03. The molecule has 27 heavy (non-hydrogen) atoms. The summed E-state index contributed by atoms with van der Waals surface area (Å²) >= 11 is 0. The highest BCUT2D eigenvalue weighted by atomic mass is 16.3. The number of H-pyrrole nitrogens is 1. The highest BCUT2D eigenvalue weighted by molar-refractivity contribution is 5.80. The number of carbonyl (C=O) groups is 2. The van der Waals surface area contributed by atoms with E-state index in [9.17, 15) is 14.7 Å². The molecule has 1 fully saturated rings. The van der Waals surface area contributed by atoms with Crippen LogP contribution < -0.4 is 10.6 Å². The van der Waals surface area contributed by atoms with Gasteiger partial charge in [0.15, 0.2) is 0 Å². The lowest BCUT2D eigenvalue weighted by atomic mass is 10.1. The van der Waals surface area contributed by atoms with Gasteiger partial charge in [0.2, 0.25) is 11.8 Å². The third kappa shape index (κ3) is 4.91. The summed E-state index contributed by atoms with van der Waals surface area (Å²) in [6, 6.07) is 1.54. The maximum absolute atomic E-state index is 12.3. The number of nitrogens with one attached hydrogen (secondary N) is 3. The van der Waals surface area contributed by atoms with Crippen molar-refractivity contribution in [1.29, 1.82) is 0 Å². The number of nitrogens with zero attached hydrogens (tertiary/aromatic N) is 4. The minimum absolute atomic E-state index is 0.158. The van der Waals surface area contributed by atoms with E-state index in [1.165, 1.54) is 6.33 Å². The van der Waals surface area contributed by atoms with Crippen LogP contribution in [0.5, 0.6) is 0 Å². The molecule has 2 aromatic rings. The SMILES string of the molecule is Cc1cc(C)n(CCC(=O)N[C@@H]2C[C@H](C(=O)NCc3ncn[nH]3)C[C@H]2O)n1. The van der Waals surface area contributed by atoms with E-state index >= 15 is 0 Å². The maximum Gasteiger partial charge on any atom is 0.223 e. The summed E-state index contributed by atoms with van der Waals surface area (Å²) in [5.74, 6) is -0.0979. The number of rotatable bonds is 7. The first-order chi connectivity index (χ1) is 12.9. The van der Waals surface area contributed by atoms with E-state index in [0.717, 1.165) is 11.4 Å². The lowest BCUT2D eigenvalue weighted by molar-refractivity contribution is -0.125.